The molecule has 0 atom stereocenters. The Kier molecular flexibility index (Phi) is 6.25. The summed E-state index contributed by atoms with van der Waals surface area (Å²) >= 11 is 1.54. The van der Waals surface area contributed by atoms with Gasteiger partial charge in [-0.25, -0.2) is 4.79 Å². The van der Waals surface area contributed by atoms with Gasteiger partial charge in [-0.05, 0) is 48.6 Å². The second-order valence-electron chi connectivity index (χ2n) is 7.34. The predicted octanol–water partition coefficient (Wildman–Crippen LogP) is 5.55. The highest BCUT2D eigenvalue weighted by molar-refractivity contribution is 7.10. The maximum Gasteiger partial charge on any atom is 0.337 e. The number of carbonyl (C=O) groups excluding carboxylic acids is 1. The fourth-order valence-corrected chi connectivity index (χ4v) is 5.14. The van der Waals surface area contributed by atoms with Gasteiger partial charge in [0.05, 0.1) is 5.56 Å². The standard InChI is InChI=1S/C22H26O3S/c1-15-6-5-7-16(12-15)10-11-19(23)13-18-14-26-21(20(18)22(24)25)17-8-3-2-4-9-17/h5-7,12,14,17H,2-4,8-11,13H2,1H3,(H,24,25). The van der Waals surface area contributed by atoms with E-state index in [0.717, 1.165) is 23.3 Å². The Morgan fingerprint density at radius 3 is 2.65 bits per heavy atom. The van der Waals surface area contributed by atoms with Gasteiger partial charge in [-0.1, -0.05) is 49.1 Å². The van der Waals surface area contributed by atoms with Crippen LogP contribution in [0.2, 0.25) is 0 Å². The lowest BCUT2D eigenvalue weighted by Crippen LogP contribution is -2.12. The molecule has 0 bridgehead atoms. The maximum absolute atomic E-state index is 12.4. The van der Waals surface area contributed by atoms with E-state index in [9.17, 15) is 14.7 Å². The van der Waals surface area contributed by atoms with Crippen molar-refractivity contribution in [2.75, 3.05) is 0 Å². The molecule has 0 aliphatic heterocycles. The molecular formula is C22H26O3S. The molecule has 1 N–H and O–H groups in total. The van der Waals surface area contributed by atoms with Gasteiger partial charge in [0.25, 0.3) is 0 Å². The van der Waals surface area contributed by atoms with Crippen molar-refractivity contribution in [3.63, 3.8) is 0 Å². The molecule has 1 aromatic heterocycles. The molecule has 0 amide bonds. The van der Waals surface area contributed by atoms with E-state index in [1.165, 1.54) is 36.2 Å². The van der Waals surface area contributed by atoms with E-state index in [-0.39, 0.29) is 12.2 Å². The SMILES string of the molecule is Cc1cccc(CCC(=O)Cc2csc(C3CCCCC3)c2C(=O)O)c1. The lowest BCUT2D eigenvalue weighted by Gasteiger charge is -2.21. The third kappa shape index (κ3) is 4.61. The van der Waals surface area contributed by atoms with Crippen molar-refractivity contribution in [2.45, 2.75) is 64.2 Å². The molecule has 1 fully saturated rings. The zero-order chi connectivity index (χ0) is 18.5. The van der Waals surface area contributed by atoms with Gasteiger partial charge in [-0.2, -0.15) is 0 Å². The summed E-state index contributed by atoms with van der Waals surface area (Å²) < 4.78 is 0. The van der Waals surface area contributed by atoms with Crippen molar-refractivity contribution in [1.82, 2.24) is 0 Å². The number of aryl methyl sites for hydroxylation is 2. The van der Waals surface area contributed by atoms with Crippen molar-refractivity contribution in [3.05, 3.63) is 56.8 Å². The van der Waals surface area contributed by atoms with Crippen LogP contribution in [0.15, 0.2) is 29.6 Å². The fraction of sp³-hybridized carbons (Fsp3) is 0.455. The first-order valence-electron chi connectivity index (χ1n) is 9.45. The molecule has 1 aliphatic rings. The number of rotatable bonds is 7. The number of carboxylic acids is 1. The molecule has 1 heterocycles. The van der Waals surface area contributed by atoms with Crippen LogP contribution in [0.4, 0.5) is 0 Å². The van der Waals surface area contributed by atoms with Crippen LogP contribution >= 0.6 is 11.3 Å². The fourth-order valence-electron chi connectivity index (χ4n) is 3.90. The largest absolute Gasteiger partial charge is 0.478 e. The highest BCUT2D eigenvalue weighted by Crippen LogP contribution is 2.39. The molecule has 4 heteroatoms. The van der Waals surface area contributed by atoms with Gasteiger partial charge in [0.2, 0.25) is 0 Å². The Bertz CT molecular complexity index is 784. The number of carboxylic acid groups (broad SMARTS) is 1. The molecule has 0 spiro atoms. The average molecular weight is 371 g/mol. The summed E-state index contributed by atoms with van der Waals surface area (Å²) in [6, 6.07) is 8.19. The van der Waals surface area contributed by atoms with Gasteiger partial charge in [0, 0.05) is 17.7 Å². The molecule has 1 saturated carbocycles. The molecule has 3 nitrogen and oxygen atoms in total. The lowest BCUT2D eigenvalue weighted by molar-refractivity contribution is -0.118. The van der Waals surface area contributed by atoms with Crippen molar-refractivity contribution < 1.29 is 14.7 Å². The second kappa shape index (κ2) is 8.63. The Labute approximate surface area is 159 Å². The number of hydrogen-bond acceptors (Lipinski definition) is 3. The Hall–Kier alpha value is -1.94. The number of aromatic carboxylic acids is 1. The summed E-state index contributed by atoms with van der Waals surface area (Å²) in [5, 5.41) is 11.6. The first kappa shape index (κ1) is 18.8. The first-order chi connectivity index (χ1) is 12.5. The highest BCUT2D eigenvalue weighted by atomic mass is 32.1. The maximum atomic E-state index is 12.4. The van der Waals surface area contributed by atoms with Crippen LogP contribution in [0.5, 0.6) is 0 Å². The van der Waals surface area contributed by atoms with E-state index >= 15 is 0 Å². The number of ketones is 1. The molecule has 138 valence electrons. The van der Waals surface area contributed by atoms with Gasteiger partial charge in [0.1, 0.15) is 5.78 Å². The second-order valence-corrected chi connectivity index (χ2v) is 8.26. The van der Waals surface area contributed by atoms with Crippen LogP contribution in [-0.4, -0.2) is 16.9 Å². The molecule has 1 aliphatic carbocycles. The lowest BCUT2D eigenvalue weighted by atomic mass is 9.86. The summed E-state index contributed by atoms with van der Waals surface area (Å²) in [5.74, 6) is -0.411. The first-order valence-corrected chi connectivity index (χ1v) is 10.3. The van der Waals surface area contributed by atoms with Crippen LogP contribution in [0.3, 0.4) is 0 Å². The highest BCUT2D eigenvalue weighted by Gasteiger charge is 2.26. The molecular weight excluding hydrogens is 344 g/mol. The summed E-state index contributed by atoms with van der Waals surface area (Å²) in [4.78, 5) is 25.3. The molecule has 3 rings (SSSR count). The number of benzene rings is 1. The average Bonchev–Trinajstić information content (AvgIpc) is 3.04. The van der Waals surface area contributed by atoms with E-state index in [1.54, 1.807) is 0 Å². The number of carbonyl (C=O) groups is 2. The molecule has 2 aromatic rings. The van der Waals surface area contributed by atoms with Crippen LogP contribution in [-0.2, 0) is 17.6 Å². The Balaban J connectivity index is 1.67. The molecule has 0 radical (unpaired) electrons. The molecule has 1 aromatic carbocycles. The number of thiophene rings is 1. The van der Waals surface area contributed by atoms with E-state index in [2.05, 4.69) is 6.07 Å². The summed E-state index contributed by atoms with van der Waals surface area (Å²) in [6.07, 6.45) is 7.13. The summed E-state index contributed by atoms with van der Waals surface area (Å²) in [5.41, 5.74) is 3.46. The minimum absolute atomic E-state index is 0.113. The number of hydrogen-bond donors (Lipinski definition) is 1. The van der Waals surface area contributed by atoms with Gasteiger partial charge < -0.3 is 5.11 Å². The third-order valence-electron chi connectivity index (χ3n) is 5.25. The minimum Gasteiger partial charge on any atom is -0.478 e. The van der Waals surface area contributed by atoms with E-state index in [1.807, 2.05) is 30.5 Å². The van der Waals surface area contributed by atoms with Gasteiger partial charge in [-0.3, -0.25) is 4.79 Å². The van der Waals surface area contributed by atoms with Gasteiger partial charge in [-0.15, -0.1) is 11.3 Å². The molecule has 26 heavy (non-hydrogen) atoms. The topological polar surface area (TPSA) is 54.4 Å². The quantitative estimate of drug-likeness (QED) is 0.695. The summed E-state index contributed by atoms with van der Waals surface area (Å²) in [7, 11) is 0. The van der Waals surface area contributed by atoms with E-state index < -0.39 is 5.97 Å². The molecule has 0 saturated heterocycles. The van der Waals surface area contributed by atoms with Crippen molar-refractivity contribution in [2.24, 2.45) is 0 Å². The Morgan fingerprint density at radius 1 is 1.19 bits per heavy atom. The van der Waals surface area contributed by atoms with Gasteiger partial charge >= 0.3 is 5.97 Å². The van der Waals surface area contributed by atoms with Crippen molar-refractivity contribution in [1.29, 1.82) is 0 Å². The molecule has 0 unspecified atom stereocenters. The van der Waals surface area contributed by atoms with Crippen LogP contribution in [0, 0.1) is 6.92 Å². The zero-order valence-corrected chi connectivity index (χ0v) is 16.1. The van der Waals surface area contributed by atoms with E-state index in [4.69, 9.17) is 0 Å². The number of Topliss-reactive ketones (excluding diaryl/α,β-unsaturated/α-hetero) is 1. The normalized spacial score (nSPS) is 15.1. The minimum atomic E-state index is -0.881. The van der Waals surface area contributed by atoms with Gasteiger partial charge in [0.15, 0.2) is 0 Å². The predicted molar refractivity (Wildman–Crippen MR) is 105 cm³/mol. The van der Waals surface area contributed by atoms with E-state index in [0.29, 0.717) is 29.9 Å². The Morgan fingerprint density at radius 2 is 1.96 bits per heavy atom. The van der Waals surface area contributed by atoms with Crippen molar-refractivity contribution >= 4 is 23.1 Å². The zero-order valence-electron chi connectivity index (χ0n) is 15.3. The van der Waals surface area contributed by atoms with Crippen molar-refractivity contribution in [3.8, 4) is 0 Å². The summed E-state index contributed by atoms with van der Waals surface area (Å²) in [6.45, 7) is 2.04. The van der Waals surface area contributed by atoms with Crippen LogP contribution in [0.1, 0.15) is 76.4 Å². The monoisotopic (exact) mass is 370 g/mol. The van der Waals surface area contributed by atoms with Crippen LogP contribution in [0.25, 0.3) is 0 Å². The third-order valence-corrected chi connectivity index (χ3v) is 6.44. The van der Waals surface area contributed by atoms with Crippen LogP contribution < -0.4 is 0 Å². The smallest absolute Gasteiger partial charge is 0.337 e.